The number of fused-ring (bicyclic) bond motifs is 4. The lowest BCUT2D eigenvalue weighted by Crippen LogP contribution is -2.57. The molecule has 9 nitrogen and oxygen atoms in total. The quantitative estimate of drug-likeness (QED) is 0.513. The molecule has 4 heterocycles. The van der Waals surface area contributed by atoms with Crippen molar-refractivity contribution in [2.24, 2.45) is 0 Å². The van der Waals surface area contributed by atoms with Gasteiger partial charge < -0.3 is 19.4 Å². The van der Waals surface area contributed by atoms with E-state index in [0.29, 0.717) is 74.6 Å². The molecule has 0 unspecified atom stereocenters. The molecule has 3 amide bonds. The van der Waals surface area contributed by atoms with Crippen molar-refractivity contribution in [3.05, 3.63) is 68.4 Å². The largest absolute Gasteiger partial charge is 0.378 e. The predicted molar refractivity (Wildman–Crippen MR) is 139 cm³/mol. The first-order valence-electron chi connectivity index (χ1n) is 12.8. The Kier molecular flexibility index (Phi) is 7.28. The number of morpholine rings is 1. The molecule has 1 spiro atoms. The van der Waals surface area contributed by atoms with Gasteiger partial charge in [-0.15, -0.1) is 0 Å². The van der Waals surface area contributed by atoms with E-state index in [-0.39, 0.29) is 42.1 Å². The molecule has 3 aliphatic heterocycles. The maximum atomic E-state index is 13.8. The molecule has 1 aromatic rings. The summed E-state index contributed by atoms with van der Waals surface area (Å²) in [5.41, 5.74) is 0.306. The molecule has 2 fully saturated rings. The first kappa shape index (κ1) is 26.4. The number of amides is 3. The second-order valence-electron chi connectivity index (χ2n) is 10.0. The molecule has 1 aromatic heterocycles. The standard InChI is InChI=1S/C27H30ClFN4O5/c1-18(28)14-19(4-2-8-29)16-31-9-5-20-21(25(31)36)15-22(34)33-24(20)26(37)32(27(33)6-3-7-27)17-23(35)30-10-12-38-13-11-30/h2,4,8,14-15H,3,5-7,9-13,16-17H2,1H3/b8-2+,18-14+,19-4+. The van der Waals surface area contributed by atoms with Gasteiger partial charge in [-0.3, -0.25) is 23.7 Å². The first-order chi connectivity index (χ1) is 18.3. The Balaban J connectivity index is 1.47. The van der Waals surface area contributed by atoms with Crippen LogP contribution >= 0.6 is 11.6 Å². The highest BCUT2D eigenvalue weighted by atomic mass is 35.5. The fourth-order valence-electron chi connectivity index (χ4n) is 5.87. The third-order valence-corrected chi connectivity index (χ3v) is 7.90. The van der Waals surface area contributed by atoms with Gasteiger partial charge in [0.25, 0.3) is 17.4 Å². The zero-order valence-electron chi connectivity index (χ0n) is 21.3. The molecule has 0 atom stereocenters. The Bertz CT molecular complexity index is 1320. The van der Waals surface area contributed by atoms with E-state index in [9.17, 15) is 23.6 Å². The summed E-state index contributed by atoms with van der Waals surface area (Å²) in [7, 11) is 0. The summed E-state index contributed by atoms with van der Waals surface area (Å²) in [6, 6.07) is 1.32. The summed E-state index contributed by atoms with van der Waals surface area (Å²) in [5, 5.41) is 0.479. The topological polar surface area (TPSA) is 92.2 Å². The third kappa shape index (κ3) is 4.49. The number of ether oxygens (including phenoxy) is 1. The number of pyridine rings is 1. The van der Waals surface area contributed by atoms with Crippen LogP contribution in [0.15, 0.2) is 46.0 Å². The van der Waals surface area contributed by atoms with E-state index in [2.05, 4.69) is 0 Å². The van der Waals surface area contributed by atoms with Gasteiger partial charge >= 0.3 is 0 Å². The molecule has 0 bridgehead atoms. The van der Waals surface area contributed by atoms with Crippen LogP contribution in [0.4, 0.5) is 4.39 Å². The number of rotatable bonds is 6. The fourth-order valence-corrected chi connectivity index (χ4v) is 6.01. The van der Waals surface area contributed by atoms with E-state index >= 15 is 0 Å². The summed E-state index contributed by atoms with van der Waals surface area (Å²) < 4.78 is 19.5. The highest BCUT2D eigenvalue weighted by molar-refractivity contribution is 6.29. The monoisotopic (exact) mass is 544 g/mol. The van der Waals surface area contributed by atoms with E-state index < -0.39 is 11.2 Å². The van der Waals surface area contributed by atoms with Crippen molar-refractivity contribution in [1.29, 1.82) is 0 Å². The van der Waals surface area contributed by atoms with E-state index in [1.165, 1.54) is 22.8 Å². The second kappa shape index (κ2) is 10.5. The van der Waals surface area contributed by atoms with Gasteiger partial charge in [-0.25, -0.2) is 4.39 Å². The number of carbonyl (C=O) groups excluding carboxylic acids is 3. The lowest BCUT2D eigenvalue weighted by atomic mass is 9.83. The Morgan fingerprint density at radius 1 is 1.13 bits per heavy atom. The average molecular weight is 545 g/mol. The average Bonchev–Trinajstić information content (AvgIpc) is 3.14. The van der Waals surface area contributed by atoms with Crippen LogP contribution in [0.25, 0.3) is 0 Å². The van der Waals surface area contributed by atoms with E-state index in [1.54, 1.807) is 27.7 Å². The summed E-state index contributed by atoms with van der Waals surface area (Å²) in [5.74, 6) is -0.925. The van der Waals surface area contributed by atoms with Gasteiger partial charge in [0.1, 0.15) is 17.9 Å². The van der Waals surface area contributed by atoms with E-state index in [1.807, 2.05) is 0 Å². The van der Waals surface area contributed by atoms with Crippen LogP contribution in [-0.2, 0) is 21.6 Å². The van der Waals surface area contributed by atoms with Crippen molar-refractivity contribution in [3.8, 4) is 0 Å². The van der Waals surface area contributed by atoms with E-state index in [4.69, 9.17) is 16.3 Å². The summed E-state index contributed by atoms with van der Waals surface area (Å²) in [4.78, 5) is 58.6. The number of carbonyl (C=O) groups is 3. The molecular weight excluding hydrogens is 515 g/mol. The van der Waals surface area contributed by atoms with Gasteiger partial charge in [0.15, 0.2) is 0 Å². The normalized spacial score (nSPS) is 21.3. The van der Waals surface area contributed by atoms with Crippen LogP contribution in [0.3, 0.4) is 0 Å². The number of hydrogen-bond donors (Lipinski definition) is 0. The van der Waals surface area contributed by atoms with Gasteiger partial charge in [-0.2, -0.15) is 0 Å². The second-order valence-corrected chi connectivity index (χ2v) is 10.6. The minimum absolute atomic E-state index is 0.116. The highest BCUT2D eigenvalue weighted by Gasteiger charge is 2.56. The van der Waals surface area contributed by atoms with Crippen molar-refractivity contribution >= 4 is 29.3 Å². The van der Waals surface area contributed by atoms with Crippen LogP contribution in [0.2, 0.25) is 0 Å². The molecule has 11 heteroatoms. The summed E-state index contributed by atoms with van der Waals surface area (Å²) in [6.45, 7) is 3.90. The molecule has 1 aliphatic carbocycles. The van der Waals surface area contributed by atoms with Crippen molar-refractivity contribution in [1.82, 2.24) is 19.3 Å². The fraction of sp³-hybridized carbons (Fsp3) is 0.481. The Morgan fingerprint density at radius 2 is 1.87 bits per heavy atom. The third-order valence-electron chi connectivity index (χ3n) is 7.79. The van der Waals surface area contributed by atoms with Gasteiger partial charge in [0.05, 0.1) is 25.1 Å². The zero-order valence-corrected chi connectivity index (χ0v) is 22.0. The lowest BCUT2D eigenvalue weighted by Gasteiger charge is -2.46. The molecule has 38 heavy (non-hydrogen) atoms. The Hall–Kier alpha value is -3.24. The van der Waals surface area contributed by atoms with Crippen LogP contribution in [-0.4, -0.2) is 82.9 Å². The minimum Gasteiger partial charge on any atom is -0.378 e. The number of nitrogens with zero attached hydrogens (tertiary/aromatic N) is 4. The van der Waals surface area contributed by atoms with Crippen molar-refractivity contribution in [2.75, 3.05) is 45.9 Å². The SMILES string of the molecule is C\C(Cl)=C/C(=C\C=C\F)CN1CCc2c(cc(=O)n3c2C(=O)N(CC(=O)N2CCOCC2)C32CCC2)C1=O. The first-order valence-corrected chi connectivity index (χ1v) is 13.2. The number of allylic oxidation sites excluding steroid dienone is 3. The van der Waals surface area contributed by atoms with Crippen LogP contribution in [0, 0.1) is 0 Å². The molecule has 0 N–H and O–H groups in total. The van der Waals surface area contributed by atoms with E-state index in [0.717, 1.165) is 6.42 Å². The van der Waals surface area contributed by atoms with Crippen LogP contribution < -0.4 is 5.56 Å². The van der Waals surface area contributed by atoms with Crippen LogP contribution in [0.5, 0.6) is 0 Å². The lowest BCUT2D eigenvalue weighted by molar-refractivity contribution is -0.139. The smallest absolute Gasteiger partial charge is 0.273 e. The van der Waals surface area contributed by atoms with Gasteiger partial charge in [-0.05, 0) is 55.9 Å². The molecule has 1 saturated carbocycles. The van der Waals surface area contributed by atoms with Crippen molar-refractivity contribution in [3.63, 3.8) is 0 Å². The van der Waals surface area contributed by atoms with Crippen LogP contribution in [0.1, 0.15) is 52.6 Å². The Labute approximate surface area is 224 Å². The molecule has 0 aromatic carbocycles. The summed E-state index contributed by atoms with van der Waals surface area (Å²) >= 11 is 6.01. The molecule has 4 aliphatic rings. The number of aromatic nitrogens is 1. The van der Waals surface area contributed by atoms with Gasteiger partial charge in [-0.1, -0.05) is 17.7 Å². The zero-order chi connectivity index (χ0) is 27.0. The highest BCUT2D eigenvalue weighted by Crippen LogP contribution is 2.47. The molecule has 1 saturated heterocycles. The van der Waals surface area contributed by atoms with Crippen molar-refractivity contribution < 1.29 is 23.5 Å². The Morgan fingerprint density at radius 3 is 2.50 bits per heavy atom. The summed E-state index contributed by atoms with van der Waals surface area (Å²) in [6.07, 6.45) is 7.17. The minimum atomic E-state index is -0.863. The number of halogens is 2. The molecule has 202 valence electrons. The maximum Gasteiger partial charge on any atom is 0.273 e. The predicted octanol–water partition coefficient (Wildman–Crippen LogP) is 2.55. The van der Waals surface area contributed by atoms with Crippen molar-refractivity contribution in [2.45, 2.75) is 38.3 Å². The van der Waals surface area contributed by atoms with Gasteiger partial charge in [0.2, 0.25) is 5.91 Å². The van der Waals surface area contributed by atoms with Gasteiger partial charge in [0, 0.05) is 37.3 Å². The molecule has 0 radical (unpaired) electrons. The maximum absolute atomic E-state index is 13.8. The molecular formula is C27H30ClFN4O5. The molecule has 5 rings (SSSR count). The number of hydrogen-bond acceptors (Lipinski definition) is 5.